The zero-order chi connectivity index (χ0) is 17.5. The SMILES string of the molecule is O=C(NCc1ccco1)c1cncc(NCCc2ccc(F)cc2)c1. The molecule has 25 heavy (non-hydrogen) atoms. The van der Waals surface area contributed by atoms with Crippen LogP contribution in [0.15, 0.2) is 65.5 Å². The number of pyridine rings is 1. The van der Waals surface area contributed by atoms with Crippen molar-refractivity contribution in [2.45, 2.75) is 13.0 Å². The number of halogens is 1. The molecule has 2 aromatic heterocycles. The van der Waals surface area contributed by atoms with E-state index < -0.39 is 0 Å². The van der Waals surface area contributed by atoms with Gasteiger partial charge >= 0.3 is 0 Å². The molecule has 3 rings (SSSR count). The fourth-order valence-electron chi connectivity index (χ4n) is 2.35. The number of nitrogens with one attached hydrogen (secondary N) is 2. The maximum absolute atomic E-state index is 12.9. The van der Waals surface area contributed by atoms with Gasteiger partial charge in [-0.05, 0) is 42.3 Å². The Morgan fingerprint density at radius 3 is 2.76 bits per heavy atom. The van der Waals surface area contributed by atoms with Gasteiger partial charge < -0.3 is 15.1 Å². The van der Waals surface area contributed by atoms with Gasteiger partial charge in [-0.25, -0.2) is 4.39 Å². The molecular formula is C19H18FN3O2. The van der Waals surface area contributed by atoms with E-state index in [0.29, 0.717) is 24.4 Å². The molecule has 0 aliphatic rings. The van der Waals surface area contributed by atoms with Crippen LogP contribution >= 0.6 is 0 Å². The van der Waals surface area contributed by atoms with Crippen molar-refractivity contribution in [3.63, 3.8) is 0 Å². The molecule has 1 aromatic carbocycles. The van der Waals surface area contributed by atoms with Gasteiger partial charge in [0.2, 0.25) is 0 Å². The van der Waals surface area contributed by atoms with Crippen molar-refractivity contribution in [2.24, 2.45) is 0 Å². The number of hydrogen-bond acceptors (Lipinski definition) is 4. The predicted molar refractivity (Wildman–Crippen MR) is 92.7 cm³/mol. The summed E-state index contributed by atoms with van der Waals surface area (Å²) in [6.07, 6.45) is 5.49. The van der Waals surface area contributed by atoms with Gasteiger partial charge in [-0.15, -0.1) is 0 Å². The molecule has 0 radical (unpaired) electrons. The highest BCUT2D eigenvalue weighted by Crippen LogP contribution is 2.10. The lowest BCUT2D eigenvalue weighted by molar-refractivity contribution is 0.0947. The molecule has 0 fully saturated rings. The van der Waals surface area contributed by atoms with E-state index in [2.05, 4.69) is 15.6 Å². The largest absolute Gasteiger partial charge is 0.467 e. The normalized spacial score (nSPS) is 10.4. The first-order chi connectivity index (χ1) is 12.2. The van der Waals surface area contributed by atoms with Crippen LogP contribution in [0.5, 0.6) is 0 Å². The number of nitrogens with zero attached hydrogens (tertiary/aromatic N) is 1. The molecule has 5 nitrogen and oxygen atoms in total. The van der Waals surface area contributed by atoms with E-state index in [-0.39, 0.29) is 11.7 Å². The molecule has 0 aliphatic carbocycles. The lowest BCUT2D eigenvalue weighted by Crippen LogP contribution is -2.22. The monoisotopic (exact) mass is 339 g/mol. The van der Waals surface area contributed by atoms with E-state index in [1.54, 1.807) is 42.8 Å². The number of furan rings is 1. The van der Waals surface area contributed by atoms with Crippen molar-refractivity contribution in [3.05, 3.63) is 83.8 Å². The lowest BCUT2D eigenvalue weighted by Gasteiger charge is -2.08. The van der Waals surface area contributed by atoms with Crippen LogP contribution in [0.4, 0.5) is 10.1 Å². The number of rotatable bonds is 7. The number of aromatic nitrogens is 1. The van der Waals surface area contributed by atoms with Gasteiger partial charge in [0, 0.05) is 18.9 Å². The fraction of sp³-hybridized carbons (Fsp3) is 0.158. The summed E-state index contributed by atoms with van der Waals surface area (Å²) in [7, 11) is 0. The Bertz CT molecular complexity index is 817. The second kappa shape index (κ2) is 8.10. The van der Waals surface area contributed by atoms with Crippen LogP contribution in [0.1, 0.15) is 21.7 Å². The molecule has 2 N–H and O–H groups in total. The van der Waals surface area contributed by atoms with Gasteiger partial charge in [0.15, 0.2) is 0 Å². The second-order valence-electron chi connectivity index (χ2n) is 5.53. The van der Waals surface area contributed by atoms with Crippen LogP contribution in [0, 0.1) is 5.82 Å². The van der Waals surface area contributed by atoms with Crippen LogP contribution in [0.2, 0.25) is 0 Å². The van der Waals surface area contributed by atoms with E-state index in [1.165, 1.54) is 18.3 Å². The molecule has 1 amide bonds. The Kier molecular flexibility index (Phi) is 5.41. The topological polar surface area (TPSA) is 67.2 Å². The molecule has 2 heterocycles. The summed E-state index contributed by atoms with van der Waals surface area (Å²) in [5, 5.41) is 6.00. The Hall–Kier alpha value is -3.15. The van der Waals surface area contributed by atoms with Crippen molar-refractivity contribution in [2.75, 3.05) is 11.9 Å². The molecule has 3 aromatic rings. The zero-order valence-corrected chi connectivity index (χ0v) is 13.5. The Balaban J connectivity index is 1.51. The quantitative estimate of drug-likeness (QED) is 0.692. The molecule has 0 saturated heterocycles. The Morgan fingerprint density at radius 2 is 2.00 bits per heavy atom. The first kappa shape index (κ1) is 16.7. The summed E-state index contributed by atoms with van der Waals surface area (Å²) in [6, 6.07) is 11.7. The number of hydrogen-bond donors (Lipinski definition) is 2. The van der Waals surface area contributed by atoms with Crippen LogP contribution < -0.4 is 10.6 Å². The van der Waals surface area contributed by atoms with Crippen molar-refractivity contribution in [3.8, 4) is 0 Å². The highest BCUT2D eigenvalue weighted by atomic mass is 19.1. The zero-order valence-electron chi connectivity index (χ0n) is 13.5. The Morgan fingerprint density at radius 1 is 1.16 bits per heavy atom. The summed E-state index contributed by atoms with van der Waals surface area (Å²) in [4.78, 5) is 16.3. The number of amides is 1. The van der Waals surface area contributed by atoms with Crippen molar-refractivity contribution < 1.29 is 13.6 Å². The van der Waals surface area contributed by atoms with E-state index in [0.717, 1.165) is 17.7 Å². The van der Waals surface area contributed by atoms with Crippen molar-refractivity contribution in [1.82, 2.24) is 10.3 Å². The number of anilines is 1. The summed E-state index contributed by atoms with van der Waals surface area (Å²) in [6.45, 7) is 0.985. The summed E-state index contributed by atoms with van der Waals surface area (Å²) >= 11 is 0. The van der Waals surface area contributed by atoms with Crippen LogP contribution in [-0.4, -0.2) is 17.4 Å². The molecular weight excluding hydrogens is 321 g/mol. The minimum atomic E-state index is -0.242. The number of carbonyl (C=O) groups is 1. The first-order valence-electron chi connectivity index (χ1n) is 7.94. The van der Waals surface area contributed by atoms with Gasteiger partial charge in [0.25, 0.3) is 5.91 Å². The van der Waals surface area contributed by atoms with Gasteiger partial charge in [-0.1, -0.05) is 12.1 Å². The van der Waals surface area contributed by atoms with E-state index >= 15 is 0 Å². The number of benzene rings is 1. The summed E-state index contributed by atoms with van der Waals surface area (Å²) in [5.41, 5.74) is 2.26. The molecule has 6 heteroatoms. The maximum atomic E-state index is 12.9. The molecule has 0 spiro atoms. The minimum Gasteiger partial charge on any atom is -0.467 e. The number of carbonyl (C=O) groups excluding carboxylic acids is 1. The van der Waals surface area contributed by atoms with Gasteiger partial charge in [0.1, 0.15) is 11.6 Å². The molecule has 0 saturated carbocycles. The highest BCUT2D eigenvalue weighted by molar-refractivity contribution is 5.94. The van der Waals surface area contributed by atoms with Crippen LogP contribution in [0.3, 0.4) is 0 Å². The smallest absolute Gasteiger partial charge is 0.253 e. The third-order valence-electron chi connectivity index (χ3n) is 3.66. The average molecular weight is 339 g/mol. The summed E-state index contributed by atoms with van der Waals surface area (Å²) < 4.78 is 18.1. The summed E-state index contributed by atoms with van der Waals surface area (Å²) in [5.74, 6) is 0.232. The first-order valence-corrected chi connectivity index (χ1v) is 7.94. The van der Waals surface area contributed by atoms with E-state index in [4.69, 9.17) is 4.42 Å². The van der Waals surface area contributed by atoms with Crippen LogP contribution in [-0.2, 0) is 13.0 Å². The predicted octanol–water partition coefficient (Wildman–Crippen LogP) is 3.40. The molecule has 0 bridgehead atoms. The van der Waals surface area contributed by atoms with E-state index in [9.17, 15) is 9.18 Å². The molecule has 0 unspecified atom stereocenters. The fourth-order valence-corrected chi connectivity index (χ4v) is 2.35. The lowest BCUT2D eigenvalue weighted by atomic mass is 10.1. The standard InChI is InChI=1S/C19H18FN3O2/c20-16-5-3-14(4-6-16)7-8-22-17-10-15(11-21-12-17)19(24)23-13-18-2-1-9-25-18/h1-6,9-12,22H,7-8,13H2,(H,23,24). The molecule has 0 atom stereocenters. The van der Waals surface area contributed by atoms with Crippen molar-refractivity contribution >= 4 is 11.6 Å². The third kappa shape index (κ3) is 4.91. The Labute approximate surface area is 144 Å². The molecule has 0 aliphatic heterocycles. The van der Waals surface area contributed by atoms with E-state index in [1.807, 2.05) is 0 Å². The third-order valence-corrected chi connectivity index (χ3v) is 3.66. The average Bonchev–Trinajstić information content (AvgIpc) is 3.15. The highest BCUT2D eigenvalue weighted by Gasteiger charge is 2.07. The van der Waals surface area contributed by atoms with Crippen LogP contribution in [0.25, 0.3) is 0 Å². The van der Waals surface area contributed by atoms with Gasteiger partial charge in [0.05, 0.1) is 24.1 Å². The van der Waals surface area contributed by atoms with Crippen molar-refractivity contribution in [1.29, 1.82) is 0 Å². The molecule has 128 valence electrons. The van der Waals surface area contributed by atoms with Gasteiger partial charge in [-0.3, -0.25) is 9.78 Å². The minimum absolute atomic E-state index is 0.217. The maximum Gasteiger partial charge on any atom is 0.253 e. The second-order valence-corrected chi connectivity index (χ2v) is 5.53. The van der Waals surface area contributed by atoms with Gasteiger partial charge in [-0.2, -0.15) is 0 Å².